The zero-order valence-corrected chi connectivity index (χ0v) is 14.3. The van der Waals surface area contributed by atoms with Gasteiger partial charge in [-0.1, -0.05) is 18.5 Å². The summed E-state index contributed by atoms with van der Waals surface area (Å²) < 4.78 is 1.21. The highest BCUT2D eigenvalue weighted by molar-refractivity contribution is 6.31. The molecule has 7 nitrogen and oxygen atoms in total. The maximum absolute atomic E-state index is 12.4. The maximum atomic E-state index is 12.4. The summed E-state index contributed by atoms with van der Waals surface area (Å²) in [5.41, 5.74) is 0.167. The van der Waals surface area contributed by atoms with Crippen LogP contribution in [0.5, 0.6) is 0 Å². The smallest absolute Gasteiger partial charge is 0.261 e. The Kier molecular flexibility index (Phi) is 5.92. The minimum Gasteiger partial charge on any atom is -0.355 e. The predicted octanol–water partition coefficient (Wildman–Crippen LogP) is 1.03. The summed E-state index contributed by atoms with van der Waals surface area (Å²) >= 11 is 5.90. The predicted molar refractivity (Wildman–Crippen MR) is 92.0 cm³/mol. The Hall–Kier alpha value is -2.41. The number of rotatable bonds is 6. The monoisotopic (exact) mass is 350 g/mol. The molecule has 0 bridgehead atoms. The third-order valence-corrected chi connectivity index (χ3v) is 3.71. The number of hydrogen-bond acceptors (Lipinski definition) is 4. The second kappa shape index (κ2) is 7.92. The number of fused-ring (bicyclic) bond motifs is 1. The van der Waals surface area contributed by atoms with Gasteiger partial charge in [-0.25, -0.2) is 4.98 Å². The zero-order chi connectivity index (χ0) is 17.7. The third-order valence-electron chi connectivity index (χ3n) is 3.47. The number of halogens is 1. The summed E-state index contributed by atoms with van der Waals surface area (Å²) in [6, 6.07) is 4.82. The zero-order valence-electron chi connectivity index (χ0n) is 13.6. The summed E-state index contributed by atoms with van der Waals surface area (Å²) in [6.07, 6.45) is 2.14. The van der Waals surface area contributed by atoms with Gasteiger partial charge in [-0.2, -0.15) is 0 Å². The molecule has 0 saturated carbocycles. The molecule has 8 heteroatoms. The number of amides is 2. The van der Waals surface area contributed by atoms with E-state index in [4.69, 9.17) is 11.6 Å². The first-order chi connectivity index (χ1) is 11.4. The van der Waals surface area contributed by atoms with E-state index in [1.54, 1.807) is 12.1 Å². The molecule has 1 aromatic carbocycles. The van der Waals surface area contributed by atoms with Crippen LogP contribution >= 0.6 is 11.6 Å². The Balaban J connectivity index is 2.11. The number of carbonyl (C=O) groups excluding carboxylic acids is 2. The molecule has 128 valence electrons. The van der Waals surface area contributed by atoms with Crippen LogP contribution in [-0.4, -0.2) is 46.4 Å². The van der Waals surface area contributed by atoms with E-state index in [9.17, 15) is 14.4 Å². The lowest BCUT2D eigenvalue weighted by Crippen LogP contribution is -2.41. The SMILES string of the molecule is CCCNC(=O)CN(C)C(=O)Cn1cnc2ccc(Cl)cc2c1=O. The van der Waals surface area contributed by atoms with Crippen molar-refractivity contribution in [2.45, 2.75) is 19.9 Å². The van der Waals surface area contributed by atoms with Crippen molar-refractivity contribution in [1.82, 2.24) is 19.8 Å². The lowest BCUT2D eigenvalue weighted by Gasteiger charge is -2.17. The van der Waals surface area contributed by atoms with Crippen LogP contribution in [0.1, 0.15) is 13.3 Å². The number of hydrogen-bond donors (Lipinski definition) is 1. The molecule has 0 fully saturated rings. The largest absolute Gasteiger partial charge is 0.355 e. The molecule has 0 aliphatic rings. The van der Waals surface area contributed by atoms with Gasteiger partial charge < -0.3 is 10.2 Å². The molecule has 0 radical (unpaired) electrons. The van der Waals surface area contributed by atoms with E-state index in [2.05, 4.69) is 10.3 Å². The molecule has 2 rings (SSSR count). The Labute approximate surface area is 144 Å². The van der Waals surface area contributed by atoms with Crippen LogP contribution in [-0.2, 0) is 16.1 Å². The van der Waals surface area contributed by atoms with E-state index >= 15 is 0 Å². The van der Waals surface area contributed by atoms with Gasteiger partial charge in [0, 0.05) is 18.6 Å². The van der Waals surface area contributed by atoms with Gasteiger partial charge in [0.25, 0.3) is 5.56 Å². The Morgan fingerprint density at radius 1 is 1.38 bits per heavy atom. The van der Waals surface area contributed by atoms with Crippen LogP contribution < -0.4 is 10.9 Å². The topological polar surface area (TPSA) is 84.3 Å². The van der Waals surface area contributed by atoms with Crippen LogP contribution in [0.4, 0.5) is 0 Å². The number of likely N-dealkylation sites (N-methyl/N-ethyl adjacent to an activating group) is 1. The molecule has 0 spiro atoms. The van der Waals surface area contributed by atoms with Crippen LogP contribution in [0.3, 0.4) is 0 Å². The van der Waals surface area contributed by atoms with Gasteiger partial charge in [0.2, 0.25) is 11.8 Å². The van der Waals surface area contributed by atoms with Crippen molar-refractivity contribution in [2.75, 3.05) is 20.1 Å². The fourth-order valence-electron chi connectivity index (χ4n) is 2.13. The first kappa shape index (κ1) is 17.9. The highest BCUT2D eigenvalue weighted by Crippen LogP contribution is 2.14. The summed E-state index contributed by atoms with van der Waals surface area (Å²) in [7, 11) is 1.52. The Bertz CT molecular complexity index is 819. The average Bonchev–Trinajstić information content (AvgIpc) is 2.55. The van der Waals surface area contributed by atoms with Crippen LogP contribution in [0.2, 0.25) is 5.02 Å². The molecule has 1 aromatic heterocycles. The van der Waals surface area contributed by atoms with Crippen molar-refractivity contribution in [3.05, 3.63) is 39.9 Å². The highest BCUT2D eigenvalue weighted by Gasteiger charge is 2.15. The molecule has 1 N–H and O–H groups in total. The van der Waals surface area contributed by atoms with Gasteiger partial charge in [0.1, 0.15) is 6.54 Å². The normalized spacial score (nSPS) is 10.6. The van der Waals surface area contributed by atoms with Crippen molar-refractivity contribution >= 4 is 34.3 Å². The van der Waals surface area contributed by atoms with Gasteiger partial charge >= 0.3 is 0 Å². The number of carbonyl (C=O) groups is 2. The number of nitrogens with zero attached hydrogens (tertiary/aromatic N) is 3. The van der Waals surface area contributed by atoms with Crippen molar-refractivity contribution in [3.63, 3.8) is 0 Å². The summed E-state index contributed by atoms with van der Waals surface area (Å²) in [6.45, 7) is 2.27. The van der Waals surface area contributed by atoms with E-state index in [0.717, 1.165) is 6.42 Å². The van der Waals surface area contributed by atoms with Crippen molar-refractivity contribution < 1.29 is 9.59 Å². The summed E-state index contributed by atoms with van der Waals surface area (Å²) in [4.78, 5) is 41.7. The van der Waals surface area contributed by atoms with E-state index in [0.29, 0.717) is 22.5 Å². The molecule has 1 heterocycles. The first-order valence-corrected chi connectivity index (χ1v) is 7.95. The average molecular weight is 351 g/mol. The van der Waals surface area contributed by atoms with Crippen LogP contribution in [0.25, 0.3) is 10.9 Å². The standard InChI is InChI=1S/C16H19ClN4O3/c1-3-6-18-14(22)8-20(2)15(23)9-21-10-19-13-5-4-11(17)7-12(13)16(21)24/h4-5,7,10H,3,6,8-9H2,1-2H3,(H,18,22). The highest BCUT2D eigenvalue weighted by atomic mass is 35.5. The van der Waals surface area contributed by atoms with Gasteiger partial charge in [0.05, 0.1) is 23.8 Å². The fraction of sp³-hybridized carbons (Fsp3) is 0.375. The van der Waals surface area contributed by atoms with Crippen LogP contribution in [0.15, 0.2) is 29.3 Å². The van der Waals surface area contributed by atoms with Crippen LogP contribution in [0, 0.1) is 0 Å². The minimum absolute atomic E-state index is 0.0551. The summed E-state index contributed by atoms with van der Waals surface area (Å²) in [5.74, 6) is -0.588. The third kappa shape index (κ3) is 4.32. The van der Waals surface area contributed by atoms with Gasteiger partial charge in [-0.15, -0.1) is 0 Å². The van der Waals surface area contributed by atoms with Crippen molar-refractivity contribution in [1.29, 1.82) is 0 Å². The molecule has 0 unspecified atom stereocenters. The maximum Gasteiger partial charge on any atom is 0.261 e. The molecule has 24 heavy (non-hydrogen) atoms. The molecule has 2 aromatic rings. The Morgan fingerprint density at radius 2 is 2.12 bits per heavy atom. The van der Waals surface area contributed by atoms with Gasteiger partial charge in [-0.3, -0.25) is 19.0 Å². The van der Waals surface area contributed by atoms with E-state index < -0.39 is 0 Å². The molecule has 0 aliphatic carbocycles. The lowest BCUT2D eigenvalue weighted by atomic mass is 10.2. The molecule has 2 amide bonds. The van der Waals surface area contributed by atoms with Gasteiger partial charge in [0.15, 0.2) is 0 Å². The van der Waals surface area contributed by atoms with E-state index in [1.807, 2.05) is 6.92 Å². The fourth-order valence-corrected chi connectivity index (χ4v) is 2.31. The molecular formula is C16H19ClN4O3. The van der Waals surface area contributed by atoms with E-state index in [1.165, 1.54) is 28.9 Å². The lowest BCUT2D eigenvalue weighted by molar-refractivity contribution is -0.135. The minimum atomic E-state index is -0.355. The molecule has 0 atom stereocenters. The first-order valence-electron chi connectivity index (χ1n) is 7.57. The number of aromatic nitrogens is 2. The second-order valence-electron chi connectivity index (χ2n) is 5.44. The molecular weight excluding hydrogens is 332 g/mol. The molecule has 0 saturated heterocycles. The second-order valence-corrected chi connectivity index (χ2v) is 5.88. The molecule has 0 aliphatic heterocycles. The van der Waals surface area contributed by atoms with Crippen molar-refractivity contribution in [3.8, 4) is 0 Å². The van der Waals surface area contributed by atoms with Gasteiger partial charge in [-0.05, 0) is 24.6 Å². The van der Waals surface area contributed by atoms with E-state index in [-0.39, 0.29) is 30.5 Å². The van der Waals surface area contributed by atoms with Crippen molar-refractivity contribution in [2.24, 2.45) is 0 Å². The Morgan fingerprint density at radius 3 is 2.83 bits per heavy atom. The number of nitrogens with one attached hydrogen (secondary N) is 1. The quantitative estimate of drug-likeness (QED) is 0.843. The number of benzene rings is 1. The summed E-state index contributed by atoms with van der Waals surface area (Å²) in [5, 5.41) is 3.47.